The average molecular weight is 409 g/mol. The molecule has 0 aliphatic heterocycles. The van der Waals surface area contributed by atoms with Crippen molar-refractivity contribution >= 4 is 10.4 Å². The van der Waals surface area contributed by atoms with Crippen molar-refractivity contribution < 1.29 is 68.6 Å². The molecule has 11 heteroatoms. The smallest absolute Gasteiger partial charge is 0.726 e. The van der Waals surface area contributed by atoms with Gasteiger partial charge in [-0.05, 0) is 6.42 Å². The Morgan fingerprint density at radius 3 is 1.48 bits per heavy atom. The van der Waals surface area contributed by atoms with E-state index in [0.29, 0.717) is 6.42 Å². The Balaban J connectivity index is -0.000000268. The van der Waals surface area contributed by atoms with Crippen LogP contribution in [0.5, 0.6) is 0 Å². The molecule has 0 fully saturated rings. The summed E-state index contributed by atoms with van der Waals surface area (Å²) in [6, 6.07) is 0. The van der Waals surface area contributed by atoms with E-state index in [1.807, 2.05) is 0 Å². The molecule has 0 N–H and O–H groups in total. The third kappa shape index (κ3) is 45.0. The second-order valence-corrected chi connectivity index (χ2v) is 5.69. The fraction of sp³-hybridized carbons (Fsp3) is 1.00. The molecule has 0 aliphatic rings. The van der Waals surface area contributed by atoms with Gasteiger partial charge in [-0.2, -0.15) is 0 Å². The Bertz CT molecular complexity index is 340. The van der Waals surface area contributed by atoms with Gasteiger partial charge in [0.1, 0.15) is 0 Å². The van der Waals surface area contributed by atoms with Crippen molar-refractivity contribution in [2.45, 2.75) is 71.1 Å². The SMILES string of the molecule is CCCCCCCCCCCCOS(=O)(=O)[O-].O=[N+]([O-])[O-].[Co+2].[Na+]. The largest absolute Gasteiger partial charge is 2.00 e. The fourth-order valence-electron chi connectivity index (χ4n) is 1.75. The monoisotopic (exact) mass is 409 g/mol. The minimum Gasteiger partial charge on any atom is -0.726 e. The third-order valence-electron chi connectivity index (χ3n) is 2.73. The second-order valence-electron chi connectivity index (χ2n) is 4.64. The number of hydrogen-bond donors (Lipinski definition) is 0. The van der Waals surface area contributed by atoms with Gasteiger partial charge in [0.15, 0.2) is 0 Å². The van der Waals surface area contributed by atoms with E-state index in [1.54, 1.807) is 0 Å². The van der Waals surface area contributed by atoms with Gasteiger partial charge in [-0.25, -0.2) is 8.42 Å². The number of hydrogen-bond acceptors (Lipinski definition) is 7. The molecular weight excluding hydrogens is 384 g/mol. The molecule has 0 rings (SSSR count). The summed E-state index contributed by atoms with van der Waals surface area (Å²) in [6.07, 6.45) is 11.7. The van der Waals surface area contributed by atoms with Crippen LogP contribution in [0.3, 0.4) is 0 Å². The van der Waals surface area contributed by atoms with Crippen molar-refractivity contribution in [2.75, 3.05) is 6.61 Å². The third-order valence-corrected chi connectivity index (χ3v) is 3.18. The predicted octanol–water partition coefficient (Wildman–Crippen LogP) is 0.147. The van der Waals surface area contributed by atoms with Gasteiger partial charge in [-0.3, -0.25) is 4.18 Å². The number of rotatable bonds is 12. The molecule has 0 saturated carbocycles. The molecule has 23 heavy (non-hydrogen) atoms. The molecule has 8 nitrogen and oxygen atoms in total. The van der Waals surface area contributed by atoms with Crippen molar-refractivity contribution in [1.29, 1.82) is 0 Å². The number of nitrogens with zero attached hydrogens (tertiary/aromatic N) is 1. The first-order chi connectivity index (χ1) is 9.79. The molecule has 0 saturated heterocycles. The van der Waals surface area contributed by atoms with Gasteiger partial charge in [-0.15, -0.1) is 0 Å². The van der Waals surface area contributed by atoms with Gasteiger partial charge in [0.25, 0.3) is 0 Å². The second kappa shape index (κ2) is 22.6. The minimum absolute atomic E-state index is 0. The van der Waals surface area contributed by atoms with Crippen molar-refractivity contribution in [2.24, 2.45) is 0 Å². The predicted molar refractivity (Wildman–Crippen MR) is 77.9 cm³/mol. The van der Waals surface area contributed by atoms with Crippen LogP contribution in [0.15, 0.2) is 0 Å². The van der Waals surface area contributed by atoms with E-state index in [4.69, 9.17) is 15.3 Å². The Hall–Kier alpha value is 0.576. The van der Waals surface area contributed by atoms with E-state index in [9.17, 15) is 13.0 Å². The van der Waals surface area contributed by atoms with Crippen LogP contribution >= 0.6 is 0 Å². The maximum atomic E-state index is 10.1. The van der Waals surface area contributed by atoms with E-state index in [2.05, 4.69) is 11.1 Å². The van der Waals surface area contributed by atoms with E-state index in [-0.39, 0.29) is 52.9 Å². The van der Waals surface area contributed by atoms with Crippen LogP contribution < -0.4 is 29.6 Å². The first kappa shape index (κ1) is 31.4. The zero-order valence-electron chi connectivity index (χ0n) is 13.8. The molecule has 135 valence electrons. The Morgan fingerprint density at radius 2 is 1.17 bits per heavy atom. The summed E-state index contributed by atoms with van der Waals surface area (Å²) in [4.78, 5) is 8.25. The average Bonchev–Trinajstić information content (AvgIpc) is 2.34. The summed E-state index contributed by atoms with van der Waals surface area (Å²) in [6.45, 7) is 2.24. The van der Waals surface area contributed by atoms with Crippen molar-refractivity contribution in [1.82, 2.24) is 0 Å². The first-order valence-electron chi connectivity index (χ1n) is 7.21. The summed E-state index contributed by atoms with van der Waals surface area (Å²) < 4.78 is 34.5. The molecule has 0 atom stereocenters. The zero-order chi connectivity index (χ0) is 16.6. The van der Waals surface area contributed by atoms with Crippen LogP contribution in [0, 0.1) is 15.3 Å². The Morgan fingerprint density at radius 1 is 0.870 bits per heavy atom. The summed E-state index contributed by atoms with van der Waals surface area (Å²) in [5, 5.41) is 14.8. The van der Waals surface area contributed by atoms with Crippen LogP contribution in [-0.2, 0) is 31.4 Å². The van der Waals surface area contributed by atoms with E-state index < -0.39 is 15.5 Å². The summed E-state index contributed by atoms with van der Waals surface area (Å²) in [5.41, 5.74) is 0. The maximum Gasteiger partial charge on any atom is 2.00 e. The molecule has 0 aliphatic carbocycles. The normalized spacial score (nSPS) is 9.83. The summed E-state index contributed by atoms with van der Waals surface area (Å²) in [5.74, 6) is 0. The Kier molecular flexibility index (Phi) is 30.8. The van der Waals surface area contributed by atoms with Gasteiger partial charge in [-0.1, -0.05) is 64.7 Å². The molecule has 0 heterocycles. The molecule has 0 unspecified atom stereocenters. The van der Waals surface area contributed by atoms with Gasteiger partial charge < -0.3 is 19.9 Å². The fourth-order valence-corrected chi connectivity index (χ4v) is 2.07. The van der Waals surface area contributed by atoms with Crippen molar-refractivity contribution in [3.8, 4) is 0 Å². The van der Waals surface area contributed by atoms with Crippen LogP contribution in [0.25, 0.3) is 0 Å². The Labute approximate surface area is 171 Å². The van der Waals surface area contributed by atoms with E-state index >= 15 is 0 Å². The van der Waals surface area contributed by atoms with Crippen LogP contribution in [0.4, 0.5) is 0 Å². The topological polar surface area (TPSA) is 133 Å². The summed E-state index contributed by atoms with van der Waals surface area (Å²) in [7, 11) is -4.48. The molecule has 0 spiro atoms. The molecule has 0 amide bonds. The van der Waals surface area contributed by atoms with Gasteiger partial charge in [0, 0.05) is 0 Å². The minimum atomic E-state index is -4.48. The van der Waals surface area contributed by atoms with Crippen LogP contribution in [0.2, 0.25) is 0 Å². The van der Waals surface area contributed by atoms with Crippen molar-refractivity contribution in [3.63, 3.8) is 0 Å². The molecule has 0 aromatic rings. The summed E-state index contributed by atoms with van der Waals surface area (Å²) >= 11 is 0. The van der Waals surface area contributed by atoms with Crippen LogP contribution in [-0.4, -0.2) is 24.7 Å². The first-order valence-corrected chi connectivity index (χ1v) is 8.54. The molecule has 0 aromatic heterocycles. The molecule has 0 aromatic carbocycles. The van der Waals surface area contributed by atoms with Gasteiger partial charge in [0.2, 0.25) is 10.4 Å². The number of unbranched alkanes of at least 4 members (excludes halogenated alkanes) is 9. The van der Waals surface area contributed by atoms with Gasteiger partial charge >= 0.3 is 46.3 Å². The molecule has 0 bridgehead atoms. The standard InChI is InChI=1S/C12H26O4S.Co.NO3.Na/c1-2-3-4-5-6-7-8-9-10-11-12-16-17(13,14)15;;2-1(3)4;/h2-12H2,1H3,(H,13,14,15);;;/q;+2;-1;+1/p-1. The van der Waals surface area contributed by atoms with E-state index in [0.717, 1.165) is 12.8 Å². The molecule has 1 radical (unpaired) electrons. The molecular formula is C12H25CoNNaO7S+. The quantitative estimate of drug-likeness (QED) is 0.112. The van der Waals surface area contributed by atoms with Crippen molar-refractivity contribution in [3.05, 3.63) is 15.3 Å². The zero-order valence-corrected chi connectivity index (χ0v) is 17.7. The maximum absolute atomic E-state index is 10.1. The van der Waals surface area contributed by atoms with Gasteiger partial charge in [0.05, 0.1) is 11.7 Å². The van der Waals surface area contributed by atoms with Crippen LogP contribution in [0.1, 0.15) is 71.1 Å². The van der Waals surface area contributed by atoms with E-state index in [1.165, 1.54) is 44.9 Å².